The summed E-state index contributed by atoms with van der Waals surface area (Å²) in [6.07, 6.45) is 7.21. The van der Waals surface area contributed by atoms with E-state index in [2.05, 4.69) is 108 Å². The van der Waals surface area contributed by atoms with Gasteiger partial charge in [-0.05, 0) is 99.2 Å². The molecule has 0 aliphatic heterocycles. The molecule has 0 saturated carbocycles. The van der Waals surface area contributed by atoms with Gasteiger partial charge in [0, 0.05) is 46.3 Å². The normalized spacial score (nSPS) is 8.70. The quantitative estimate of drug-likeness (QED) is 0.168. The number of benzene rings is 2. The molecule has 0 saturated heterocycles. The molecule has 0 amide bonds. The van der Waals surface area contributed by atoms with Crippen molar-refractivity contribution in [3.63, 3.8) is 0 Å². The zero-order valence-electron chi connectivity index (χ0n) is 36.7. The van der Waals surface area contributed by atoms with Crippen molar-refractivity contribution in [2.45, 2.75) is 41.5 Å². The molecule has 0 fully saturated rings. The third kappa shape index (κ3) is 29.7. The molecule has 4 aromatic heterocycles. The van der Waals surface area contributed by atoms with Gasteiger partial charge in [0.1, 0.15) is 0 Å². The van der Waals surface area contributed by atoms with Gasteiger partial charge in [0.05, 0.1) is 57.9 Å². The molecule has 6 rings (SSSR count). The van der Waals surface area contributed by atoms with Crippen molar-refractivity contribution in [3.8, 4) is 0 Å². The molecule has 0 N–H and O–H groups in total. The predicted octanol–water partition coefficient (Wildman–Crippen LogP) is 1.44. The Kier molecular flexibility index (Phi) is 37.1. The van der Waals surface area contributed by atoms with E-state index in [9.17, 15) is 59.4 Å². The van der Waals surface area contributed by atoms with Crippen molar-refractivity contribution >= 4 is 79.4 Å². The second-order valence-electron chi connectivity index (χ2n) is 12.8. The van der Waals surface area contributed by atoms with Gasteiger partial charge in [-0.2, -0.15) is 0 Å². The van der Waals surface area contributed by atoms with E-state index in [1.807, 2.05) is 24.3 Å². The fourth-order valence-electron chi connectivity index (χ4n) is 3.36. The Morgan fingerprint density at radius 1 is 0.318 bits per heavy atom. The smallest absolute Gasteiger partial charge is 0.545 e. The topological polar surface area (TPSA) is 292 Å². The molecule has 4 heterocycles. The van der Waals surface area contributed by atoms with Crippen LogP contribution in [0.15, 0.2) is 170 Å². The molecule has 0 aliphatic rings. The number of carbonyl (C=O) groups excluding carboxylic acids is 6. The van der Waals surface area contributed by atoms with Crippen LogP contribution in [0, 0.1) is 93.8 Å². The second kappa shape index (κ2) is 36.6. The van der Waals surface area contributed by atoms with Gasteiger partial charge < -0.3 is 59.4 Å². The first-order valence-corrected chi connectivity index (χ1v) is 18.1. The Morgan fingerprint density at radius 3 is 0.545 bits per heavy atom. The molecule has 358 valence electrons. The Bertz CT molecular complexity index is 2200. The summed E-state index contributed by atoms with van der Waals surface area (Å²) in [5.41, 5.74) is 4.30. The number of fused-ring (bicyclic) bond motifs is 6. The van der Waals surface area contributed by atoms with Gasteiger partial charge in [-0.1, -0.05) is 88.0 Å². The number of carbonyl (C=O) groups is 6. The molecular formula is C48H46N4O12Yb2. The first kappa shape index (κ1) is 67.0. The number of rotatable bonds is 6. The second-order valence-corrected chi connectivity index (χ2v) is 12.8. The van der Waals surface area contributed by atoms with Crippen molar-refractivity contribution < 1.29 is 153 Å². The summed E-state index contributed by atoms with van der Waals surface area (Å²) in [6, 6.07) is 24.3. The minimum Gasteiger partial charge on any atom is -0.545 e. The van der Waals surface area contributed by atoms with Crippen molar-refractivity contribution in [3.05, 3.63) is 170 Å². The van der Waals surface area contributed by atoms with Gasteiger partial charge in [0.15, 0.2) is 0 Å². The largest absolute Gasteiger partial charge is 3.00 e. The van der Waals surface area contributed by atoms with Crippen LogP contribution in [0.25, 0.3) is 43.6 Å². The number of nitrogens with zero attached hydrogens (tertiary/aromatic N) is 4. The average molecular weight is 1220 g/mol. The molecule has 0 unspecified atom stereocenters. The molecule has 0 spiro atoms. The van der Waals surface area contributed by atoms with E-state index >= 15 is 0 Å². The molecule has 0 bridgehead atoms. The van der Waals surface area contributed by atoms with Crippen LogP contribution in [0.1, 0.15) is 41.5 Å². The number of hydrogen-bond acceptors (Lipinski definition) is 16. The number of hydrogen-bond donors (Lipinski definition) is 0. The monoisotopic (exact) mass is 1220 g/mol. The Hall–Kier alpha value is -5.62. The zero-order chi connectivity index (χ0) is 49.7. The van der Waals surface area contributed by atoms with Crippen molar-refractivity contribution in [2.75, 3.05) is 0 Å². The Morgan fingerprint density at radius 2 is 0.439 bits per heavy atom. The van der Waals surface area contributed by atoms with E-state index in [1.165, 1.54) is 41.5 Å². The first-order valence-electron chi connectivity index (χ1n) is 18.1. The molecule has 0 aliphatic carbocycles. The number of aliphatic carboxylic acids is 6. The first-order chi connectivity index (χ1) is 29.8. The average Bonchev–Trinajstić information content (AvgIpc) is 3.25. The molecule has 2 radical (unpaired) electrons. The SMILES string of the molecule is C=C(C)C(=O)[O-].C=C(C)C(=O)[O-].C=C(C)C(=O)[O-].C=C(C)C(=O)[O-].C=C(C)C(=O)[O-].C=C(C)C(=O)[O-].[Yb+3].[Yb+3].c1cnc2c(c1)ccc1cccnc12.c1cnc2c(c1)ccc1cccnc12. The number of carboxylic acid groups (broad SMARTS) is 6. The van der Waals surface area contributed by atoms with Gasteiger partial charge in [-0.3, -0.25) is 19.9 Å². The van der Waals surface area contributed by atoms with Crippen LogP contribution in [-0.4, -0.2) is 55.8 Å². The van der Waals surface area contributed by atoms with Crippen LogP contribution in [0.2, 0.25) is 0 Å². The third-order valence-electron chi connectivity index (χ3n) is 6.78. The van der Waals surface area contributed by atoms with E-state index in [0.29, 0.717) is 0 Å². The van der Waals surface area contributed by atoms with Crippen molar-refractivity contribution in [1.29, 1.82) is 0 Å². The van der Waals surface area contributed by atoms with Gasteiger partial charge >= 0.3 is 93.8 Å². The van der Waals surface area contributed by atoms with Crippen LogP contribution in [0.5, 0.6) is 0 Å². The van der Waals surface area contributed by atoms with Crippen LogP contribution >= 0.6 is 0 Å². The van der Waals surface area contributed by atoms with Crippen molar-refractivity contribution in [1.82, 2.24) is 19.9 Å². The standard InChI is InChI=1S/2C12H8N2.6C4H6O2.2Yb/c2*1-3-9-5-6-10-4-2-8-14-12(10)11(9)13-7-1;6*1-3(2)4(5)6;;/h2*1-8H;6*1H2,2H3,(H,5,6);;/q;;;;;;;;2*+3/p-6. The minimum atomic E-state index is -1.19. The van der Waals surface area contributed by atoms with Crippen LogP contribution in [-0.2, 0) is 28.8 Å². The summed E-state index contributed by atoms with van der Waals surface area (Å²) >= 11 is 0. The van der Waals surface area contributed by atoms with E-state index in [-0.39, 0.29) is 127 Å². The van der Waals surface area contributed by atoms with Gasteiger partial charge in [-0.15, -0.1) is 0 Å². The van der Waals surface area contributed by atoms with Crippen molar-refractivity contribution in [2.24, 2.45) is 0 Å². The summed E-state index contributed by atoms with van der Waals surface area (Å²) in [5, 5.41) is 61.5. The molecule has 0 atom stereocenters. The third-order valence-corrected chi connectivity index (χ3v) is 6.78. The zero-order valence-corrected chi connectivity index (χ0v) is 40.1. The molecule has 6 aromatic rings. The fraction of sp³-hybridized carbons (Fsp3) is 0.125. The summed E-state index contributed by atoms with van der Waals surface area (Å²) in [7, 11) is 0. The Balaban J connectivity index is -0.000000346. The number of aromatic nitrogens is 4. The predicted molar refractivity (Wildman–Crippen MR) is 233 cm³/mol. The van der Waals surface area contributed by atoms with E-state index in [1.54, 1.807) is 24.8 Å². The van der Waals surface area contributed by atoms with Crippen LogP contribution in [0.3, 0.4) is 0 Å². The summed E-state index contributed by atoms with van der Waals surface area (Å²) in [6.45, 7) is 26.9. The van der Waals surface area contributed by atoms with E-state index < -0.39 is 35.8 Å². The van der Waals surface area contributed by atoms with E-state index in [4.69, 9.17) is 0 Å². The molecule has 66 heavy (non-hydrogen) atoms. The van der Waals surface area contributed by atoms with E-state index in [0.717, 1.165) is 43.6 Å². The summed E-state index contributed by atoms with van der Waals surface area (Å²) in [5.74, 6) is -7.11. The minimum absolute atomic E-state index is 0. The maximum absolute atomic E-state index is 9.49. The molecule has 2 aromatic carbocycles. The summed E-state index contributed by atoms with van der Waals surface area (Å²) in [4.78, 5) is 74.3. The molecule has 16 nitrogen and oxygen atoms in total. The van der Waals surface area contributed by atoms with Gasteiger partial charge in [0.2, 0.25) is 0 Å². The maximum atomic E-state index is 9.49. The Labute approximate surface area is 459 Å². The summed E-state index contributed by atoms with van der Waals surface area (Å²) < 4.78 is 0. The van der Waals surface area contributed by atoms with Gasteiger partial charge in [0.25, 0.3) is 0 Å². The maximum Gasteiger partial charge on any atom is 3.00 e. The molecule has 18 heteroatoms. The number of carboxylic acids is 6. The van der Waals surface area contributed by atoms with Crippen LogP contribution in [0.4, 0.5) is 0 Å². The molecular weight excluding hydrogens is 1170 g/mol. The fourth-order valence-corrected chi connectivity index (χ4v) is 3.36. The van der Waals surface area contributed by atoms with Crippen LogP contribution < -0.4 is 30.6 Å². The van der Waals surface area contributed by atoms with Gasteiger partial charge in [-0.25, -0.2) is 0 Å². The number of pyridine rings is 4.